The monoisotopic (exact) mass is 379 g/mol. The minimum absolute atomic E-state index is 0.124. The summed E-state index contributed by atoms with van der Waals surface area (Å²) in [6, 6.07) is 14.6. The van der Waals surface area contributed by atoms with E-state index < -0.39 is 5.97 Å². The van der Waals surface area contributed by atoms with Gasteiger partial charge in [-0.3, -0.25) is 14.4 Å². The number of aromatic nitrogens is 2. The van der Waals surface area contributed by atoms with Gasteiger partial charge in [0.1, 0.15) is 11.5 Å². The highest BCUT2D eigenvalue weighted by molar-refractivity contribution is 5.67. The highest BCUT2D eigenvalue weighted by Gasteiger charge is 2.17. The maximum atomic E-state index is 10.8. The van der Waals surface area contributed by atoms with Crippen LogP contribution in [0, 0.1) is 6.92 Å². The van der Waals surface area contributed by atoms with Gasteiger partial charge < -0.3 is 9.52 Å². The van der Waals surface area contributed by atoms with Crippen molar-refractivity contribution in [2.45, 2.75) is 45.8 Å². The van der Waals surface area contributed by atoms with E-state index >= 15 is 0 Å². The summed E-state index contributed by atoms with van der Waals surface area (Å²) >= 11 is 0. The van der Waals surface area contributed by atoms with Crippen molar-refractivity contribution in [3.63, 3.8) is 0 Å². The van der Waals surface area contributed by atoms with Gasteiger partial charge >= 0.3 is 5.97 Å². The lowest BCUT2D eigenvalue weighted by Gasteiger charge is -2.19. The molecule has 1 N–H and O–H groups in total. The van der Waals surface area contributed by atoms with Gasteiger partial charge in [0.2, 0.25) is 0 Å². The largest absolute Gasteiger partial charge is 0.481 e. The first kappa shape index (κ1) is 18.5. The van der Waals surface area contributed by atoms with E-state index in [9.17, 15) is 4.79 Å². The average Bonchev–Trinajstić information content (AvgIpc) is 3.22. The second-order valence-electron chi connectivity index (χ2n) is 7.42. The van der Waals surface area contributed by atoms with Crippen LogP contribution in [-0.2, 0) is 30.8 Å². The first-order chi connectivity index (χ1) is 13.6. The summed E-state index contributed by atoms with van der Waals surface area (Å²) in [6.45, 7) is 5.54. The number of benzene rings is 1. The molecule has 0 aliphatic carbocycles. The molecule has 3 aromatic rings. The van der Waals surface area contributed by atoms with Gasteiger partial charge in [-0.1, -0.05) is 18.2 Å². The third-order valence-corrected chi connectivity index (χ3v) is 5.10. The SMILES string of the molecule is Cc1ccc(-c2cccc(CN3CCCn4nc(CCC(=O)O)cc4C3)c2)o1. The molecule has 1 aliphatic heterocycles. The Labute approximate surface area is 164 Å². The van der Waals surface area contributed by atoms with Crippen molar-refractivity contribution in [3.05, 3.63) is 65.2 Å². The van der Waals surface area contributed by atoms with Crippen molar-refractivity contribution >= 4 is 5.97 Å². The van der Waals surface area contributed by atoms with Crippen LogP contribution in [0.2, 0.25) is 0 Å². The minimum Gasteiger partial charge on any atom is -0.481 e. The molecule has 0 spiro atoms. The molecule has 0 saturated heterocycles. The number of carbonyl (C=O) groups is 1. The molecule has 0 saturated carbocycles. The Morgan fingerprint density at radius 2 is 2.11 bits per heavy atom. The molecular formula is C22H25N3O3. The molecule has 1 aliphatic rings. The van der Waals surface area contributed by atoms with Crippen LogP contribution in [-0.4, -0.2) is 32.3 Å². The van der Waals surface area contributed by atoms with Crippen LogP contribution in [0.1, 0.15) is 35.6 Å². The molecule has 0 bridgehead atoms. The van der Waals surface area contributed by atoms with E-state index in [-0.39, 0.29) is 6.42 Å². The van der Waals surface area contributed by atoms with E-state index in [0.717, 1.165) is 61.1 Å². The molecule has 0 atom stereocenters. The molecule has 0 radical (unpaired) electrons. The molecule has 28 heavy (non-hydrogen) atoms. The van der Waals surface area contributed by atoms with E-state index in [4.69, 9.17) is 9.52 Å². The van der Waals surface area contributed by atoms with E-state index in [0.29, 0.717) is 6.42 Å². The first-order valence-corrected chi connectivity index (χ1v) is 9.72. The second kappa shape index (κ2) is 8.02. The number of carboxylic acids is 1. The van der Waals surface area contributed by atoms with Crippen LogP contribution in [0.5, 0.6) is 0 Å². The summed E-state index contributed by atoms with van der Waals surface area (Å²) in [5.41, 5.74) is 4.39. The molecular weight excluding hydrogens is 354 g/mol. The Hall–Kier alpha value is -2.86. The van der Waals surface area contributed by atoms with E-state index in [1.165, 1.54) is 5.56 Å². The predicted molar refractivity (Wildman–Crippen MR) is 106 cm³/mol. The van der Waals surface area contributed by atoms with Gasteiger partial charge in [-0.05, 0) is 43.2 Å². The van der Waals surface area contributed by atoms with E-state index in [2.05, 4.69) is 40.3 Å². The number of aliphatic carboxylic acids is 1. The fraction of sp³-hybridized carbons (Fsp3) is 0.364. The topological polar surface area (TPSA) is 71.5 Å². The fourth-order valence-corrected chi connectivity index (χ4v) is 3.75. The summed E-state index contributed by atoms with van der Waals surface area (Å²) in [4.78, 5) is 13.2. The molecule has 0 amide bonds. The number of hydrogen-bond donors (Lipinski definition) is 1. The lowest BCUT2D eigenvalue weighted by atomic mass is 10.1. The molecule has 1 aromatic carbocycles. The van der Waals surface area contributed by atoms with E-state index in [1.54, 1.807) is 0 Å². The fourth-order valence-electron chi connectivity index (χ4n) is 3.75. The van der Waals surface area contributed by atoms with Gasteiger partial charge in [0.05, 0.1) is 17.8 Å². The maximum Gasteiger partial charge on any atom is 0.303 e. The van der Waals surface area contributed by atoms with Crippen molar-refractivity contribution in [2.24, 2.45) is 0 Å². The number of fused-ring (bicyclic) bond motifs is 1. The standard InChI is InChI=1S/C22H25N3O3/c1-16-6-8-21(28-16)18-5-2-4-17(12-18)14-24-10-3-11-25-20(15-24)13-19(23-25)7-9-22(26)27/h2,4-6,8,12-13H,3,7,9-11,14-15H2,1H3,(H,26,27). The smallest absolute Gasteiger partial charge is 0.303 e. The average molecular weight is 379 g/mol. The van der Waals surface area contributed by atoms with Crippen molar-refractivity contribution in [2.75, 3.05) is 6.54 Å². The molecule has 0 fully saturated rings. The Morgan fingerprint density at radius 1 is 1.21 bits per heavy atom. The number of hydrogen-bond acceptors (Lipinski definition) is 4. The quantitative estimate of drug-likeness (QED) is 0.704. The first-order valence-electron chi connectivity index (χ1n) is 9.72. The van der Waals surface area contributed by atoms with Gasteiger partial charge in [-0.15, -0.1) is 0 Å². The lowest BCUT2D eigenvalue weighted by molar-refractivity contribution is -0.136. The Bertz CT molecular complexity index is 973. The minimum atomic E-state index is -0.781. The molecule has 6 heteroatoms. The van der Waals surface area contributed by atoms with Gasteiger partial charge in [-0.25, -0.2) is 0 Å². The summed E-state index contributed by atoms with van der Waals surface area (Å²) in [5.74, 6) is 1.03. The van der Waals surface area contributed by atoms with Crippen LogP contribution in [0.3, 0.4) is 0 Å². The Balaban J connectivity index is 1.46. The van der Waals surface area contributed by atoms with Crippen molar-refractivity contribution in [3.8, 4) is 11.3 Å². The highest BCUT2D eigenvalue weighted by atomic mass is 16.4. The van der Waals surface area contributed by atoms with Crippen LogP contribution >= 0.6 is 0 Å². The van der Waals surface area contributed by atoms with E-state index in [1.807, 2.05) is 23.7 Å². The summed E-state index contributed by atoms with van der Waals surface area (Å²) in [7, 11) is 0. The Morgan fingerprint density at radius 3 is 2.89 bits per heavy atom. The van der Waals surface area contributed by atoms with Crippen molar-refractivity contribution in [1.82, 2.24) is 14.7 Å². The van der Waals surface area contributed by atoms with Gasteiger partial charge in [-0.2, -0.15) is 5.10 Å². The number of aryl methyl sites for hydroxylation is 3. The summed E-state index contributed by atoms with van der Waals surface area (Å²) < 4.78 is 7.80. The number of rotatable bonds is 6. The highest BCUT2D eigenvalue weighted by Crippen LogP contribution is 2.24. The molecule has 2 aromatic heterocycles. The number of nitrogens with zero attached hydrogens (tertiary/aromatic N) is 3. The predicted octanol–water partition coefficient (Wildman–Crippen LogP) is 3.87. The normalized spacial score (nSPS) is 14.6. The summed E-state index contributed by atoms with van der Waals surface area (Å²) in [6.07, 6.45) is 1.64. The molecule has 6 nitrogen and oxygen atoms in total. The molecule has 0 unspecified atom stereocenters. The number of furan rings is 1. The zero-order valence-corrected chi connectivity index (χ0v) is 16.1. The molecule has 4 rings (SSSR count). The van der Waals surface area contributed by atoms with Crippen LogP contribution < -0.4 is 0 Å². The third-order valence-electron chi connectivity index (χ3n) is 5.10. The maximum absolute atomic E-state index is 10.8. The lowest BCUT2D eigenvalue weighted by Crippen LogP contribution is -2.22. The van der Waals surface area contributed by atoms with Gasteiger partial charge in [0.15, 0.2) is 0 Å². The Kier molecular flexibility index (Phi) is 5.30. The second-order valence-corrected chi connectivity index (χ2v) is 7.42. The molecule has 146 valence electrons. The van der Waals surface area contributed by atoms with Crippen LogP contribution in [0.4, 0.5) is 0 Å². The van der Waals surface area contributed by atoms with Crippen LogP contribution in [0.25, 0.3) is 11.3 Å². The zero-order valence-electron chi connectivity index (χ0n) is 16.1. The third kappa shape index (κ3) is 4.34. The number of carboxylic acid groups (broad SMARTS) is 1. The van der Waals surface area contributed by atoms with Gasteiger partial charge in [0.25, 0.3) is 0 Å². The zero-order chi connectivity index (χ0) is 19.5. The molecule has 3 heterocycles. The summed E-state index contributed by atoms with van der Waals surface area (Å²) in [5, 5.41) is 13.5. The van der Waals surface area contributed by atoms with Crippen LogP contribution in [0.15, 0.2) is 46.9 Å². The van der Waals surface area contributed by atoms with Crippen molar-refractivity contribution < 1.29 is 14.3 Å². The van der Waals surface area contributed by atoms with Gasteiger partial charge in [0, 0.05) is 38.2 Å². The van der Waals surface area contributed by atoms with Crippen molar-refractivity contribution in [1.29, 1.82) is 0 Å².